The average molecular weight is 148 g/mol. The number of rotatable bonds is 2. The summed E-state index contributed by atoms with van der Waals surface area (Å²) in [5, 5.41) is 0. The molecule has 0 aromatic carbocycles. The highest BCUT2D eigenvalue weighted by molar-refractivity contribution is 5.04. The van der Waals surface area contributed by atoms with Crippen molar-refractivity contribution in [1.82, 2.24) is 0 Å². The molecule has 0 amide bonds. The molecule has 0 aromatic rings. The maximum Gasteiger partial charge on any atom is 0.00917 e. The molecule has 1 aliphatic rings. The van der Waals surface area contributed by atoms with Crippen molar-refractivity contribution >= 4 is 0 Å². The molecule has 0 aliphatic heterocycles. The molecule has 0 heterocycles. The van der Waals surface area contributed by atoms with Gasteiger partial charge in [-0.3, -0.25) is 0 Å². The first-order valence-electron chi connectivity index (χ1n) is 4.45. The normalized spacial score (nSPS) is 24.6. The molecule has 1 aliphatic carbocycles. The van der Waals surface area contributed by atoms with Crippen LogP contribution in [0.5, 0.6) is 0 Å². The van der Waals surface area contributed by atoms with E-state index in [1.165, 1.54) is 31.3 Å². The summed E-state index contributed by atoms with van der Waals surface area (Å²) in [7, 11) is 0. The molecule has 1 saturated carbocycles. The van der Waals surface area contributed by atoms with Gasteiger partial charge in [0.2, 0.25) is 0 Å². The molecular weight excluding hydrogens is 132 g/mol. The van der Waals surface area contributed by atoms with Crippen LogP contribution in [-0.4, -0.2) is 0 Å². The van der Waals surface area contributed by atoms with E-state index in [4.69, 9.17) is 6.42 Å². The van der Waals surface area contributed by atoms with Crippen LogP contribution in [0, 0.1) is 18.3 Å². The minimum atomic E-state index is 0.736. The van der Waals surface area contributed by atoms with Crippen LogP contribution in [0.4, 0.5) is 0 Å². The Morgan fingerprint density at radius 2 is 2.36 bits per heavy atom. The first kappa shape index (κ1) is 8.40. The molecule has 0 nitrogen and oxygen atoms in total. The fraction of sp³-hybridized carbons (Fsp3) is 0.636. The van der Waals surface area contributed by atoms with Gasteiger partial charge in [0.05, 0.1) is 0 Å². The van der Waals surface area contributed by atoms with Gasteiger partial charge in [0, 0.05) is 6.42 Å². The zero-order chi connectivity index (χ0) is 8.10. The second kappa shape index (κ2) is 4.23. The van der Waals surface area contributed by atoms with Crippen LogP contribution >= 0.6 is 0 Å². The maximum absolute atomic E-state index is 5.21. The molecule has 1 rings (SSSR count). The van der Waals surface area contributed by atoms with Gasteiger partial charge in [0.15, 0.2) is 0 Å². The van der Waals surface area contributed by atoms with Crippen molar-refractivity contribution in [2.24, 2.45) is 5.92 Å². The third kappa shape index (κ3) is 2.42. The summed E-state index contributed by atoms with van der Waals surface area (Å²) in [6, 6.07) is 0. The third-order valence-corrected chi connectivity index (χ3v) is 2.51. The molecule has 0 N–H and O–H groups in total. The fourth-order valence-electron chi connectivity index (χ4n) is 1.76. The van der Waals surface area contributed by atoms with Gasteiger partial charge < -0.3 is 0 Å². The Bertz CT molecular complexity index is 171. The van der Waals surface area contributed by atoms with Gasteiger partial charge in [-0.15, -0.1) is 12.3 Å². The highest BCUT2D eigenvalue weighted by atomic mass is 14.2. The molecule has 0 unspecified atom stereocenters. The summed E-state index contributed by atoms with van der Waals surface area (Å²) in [6.07, 6.45) is 12.6. The van der Waals surface area contributed by atoms with Gasteiger partial charge in [-0.2, -0.15) is 0 Å². The summed E-state index contributed by atoms with van der Waals surface area (Å²) in [4.78, 5) is 0. The number of allylic oxidation sites excluding steroid dienone is 1. The molecule has 0 saturated heterocycles. The minimum Gasteiger partial charge on any atom is -0.120 e. The van der Waals surface area contributed by atoms with E-state index in [0.717, 1.165) is 18.8 Å². The lowest BCUT2D eigenvalue weighted by molar-refractivity contribution is 0.434. The molecule has 0 spiro atoms. The van der Waals surface area contributed by atoms with Gasteiger partial charge in [0.25, 0.3) is 0 Å². The van der Waals surface area contributed by atoms with E-state index < -0.39 is 0 Å². The largest absolute Gasteiger partial charge is 0.120 e. The highest BCUT2D eigenvalue weighted by Crippen LogP contribution is 2.30. The van der Waals surface area contributed by atoms with Crippen molar-refractivity contribution in [1.29, 1.82) is 0 Å². The molecule has 0 radical (unpaired) electrons. The van der Waals surface area contributed by atoms with Crippen LogP contribution in [0.3, 0.4) is 0 Å². The summed E-state index contributed by atoms with van der Waals surface area (Å²) >= 11 is 0. The standard InChI is InChI=1S/C11H16/c1-3-4-8-11-9-6-5-7-10(11)2/h1,11H,2,4-9H2/t11-/m0/s1. The van der Waals surface area contributed by atoms with Gasteiger partial charge >= 0.3 is 0 Å². The molecule has 1 fully saturated rings. The highest BCUT2D eigenvalue weighted by Gasteiger charge is 2.15. The Kier molecular flexibility index (Phi) is 3.23. The molecule has 0 aromatic heterocycles. The van der Waals surface area contributed by atoms with E-state index in [2.05, 4.69) is 12.5 Å². The Hall–Kier alpha value is -0.700. The fourth-order valence-corrected chi connectivity index (χ4v) is 1.76. The van der Waals surface area contributed by atoms with Crippen molar-refractivity contribution in [3.8, 4) is 12.3 Å². The molecular formula is C11H16. The van der Waals surface area contributed by atoms with Crippen LogP contribution < -0.4 is 0 Å². The summed E-state index contributed by atoms with van der Waals surface area (Å²) < 4.78 is 0. The lowest BCUT2D eigenvalue weighted by atomic mass is 9.82. The smallest absolute Gasteiger partial charge is 0.00917 e. The van der Waals surface area contributed by atoms with Crippen molar-refractivity contribution in [3.05, 3.63) is 12.2 Å². The quantitative estimate of drug-likeness (QED) is 0.417. The maximum atomic E-state index is 5.21. The Morgan fingerprint density at radius 1 is 1.55 bits per heavy atom. The number of terminal acetylenes is 1. The van der Waals surface area contributed by atoms with Crippen molar-refractivity contribution in [2.75, 3.05) is 0 Å². The van der Waals surface area contributed by atoms with E-state index in [1.807, 2.05) is 0 Å². The minimum absolute atomic E-state index is 0.736. The van der Waals surface area contributed by atoms with Crippen LogP contribution in [0.2, 0.25) is 0 Å². The van der Waals surface area contributed by atoms with Gasteiger partial charge in [0.1, 0.15) is 0 Å². The summed E-state index contributed by atoms with van der Waals surface area (Å²) in [6.45, 7) is 4.08. The van der Waals surface area contributed by atoms with Crippen LogP contribution in [0.25, 0.3) is 0 Å². The van der Waals surface area contributed by atoms with Crippen LogP contribution in [-0.2, 0) is 0 Å². The SMILES string of the molecule is C#CCC[C@H]1CCCCC1=C. The first-order valence-corrected chi connectivity index (χ1v) is 4.45. The van der Waals surface area contributed by atoms with E-state index in [9.17, 15) is 0 Å². The van der Waals surface area contributed by atoms with E-state index >= 15 is 0 Å². The zero-order valence-corrected chi connectivity index (χ0v) is 7.10. The van der Waals surface area contributed by atoms with E-state index in [1.54, 1.807) is 0 Å². The monoisotopic (exact) mass is 148 g/mol. The average Bonchev–Trinajstić information content (AvgIpc) is 2.03. The molecule has 60 valence electrons. The van der Waals surface area contributed by atoms with E-state index in [0.29, 0.717) is 0 Å². The Balaban J connectivity index is 2.31. The second-order valence-electron chi connectivity index (χ2n) is 3.34. The zero-order valence-electron chi connectivity index (χ0n) is 7.10. The topological polar surface area (TPSA) is 0 Å². The number of hydrogen-bond donors (Lipinski definition) is 0. The molecule has 0 heteroatoms. The Morgan fingerprint density at radius 3 is 3.00 bits per heavy atom. The summed E-state index contributed by atoms with van der Waals surface area (Å²) in [5.41, 5.74) is 1.44. The molecule has 1 atom stereocenters. The lowest BCUT2D eigenvalue weighted by Crippen LogP contribution is -2.08. The summed E-state index contributed by atoms with van der Waals surface area (Å²) in [5.74, 6) is 3.43. The Labute approximate surface area is 69.7 Å². The van der Waals surface area contributed by atoms with Gasteiger partial charge in [-0.05, 0) is 31.6 Å². The van der Waals surface area contributed by atoms with Crippen molar-refractivity contribution in [2.45, 2.75) is 38.5 Å². The first-order chi connectivity index (χ1) is 5.34. The van der Waals surface area contributed by atoms with Crippen molar-refractivity contribution in [3.63, 3.8) is 0 Å². The third-order valence-electron chi connectivity index (χ3n) is 2.51. The van der Waals surface area contributed by atoms with Crippen LogP contribution in [0.1, 0.15) is 38.5 Å². The van der Waals surface area contributed by atoms with Crippen molar-refractivity contribution < 1.29 is 0 Å². The predicted molar refractivity (Wildman–Crippen MR) is 49.2 cm³/mol. The number of hydrogen-bond acceptors (Lipinski definition) is 0. The molecule has 11 heavy (non-hydrogen) atoms. The van der Waals surface area contributed by atoms with Gasteiger partial charge in [-0.25, -0.2) is 0 Å². The van der Waals surface area contributed by atoms with Crippen LogP contribution in [0.15, 0.2) is 12.2 Å². The predicted octanol–water partition coefficient (Wildman–Crippen LogP) is 3.15. The van der Waals surface area contributed by atoms with Gasteiger partial charge in [-0.1, -0.05) is 18.6 Å². The lowest BCUT2D eigenvalue weighted by Gasteiger charge is -2.23. The second-order valence-corrected chi connectivity index (χ2v) is 3.34. The molecule has 0 bridgehead atoms. The van der Waals surface area contributed by atoms with E-state index in [-0.39, 0.29) is 0 Å².